The number of halogens is 1. The Morgan fingerprint density at radius 1 is 1.40 bits per heavy atom. The van der Waals surface area contributed by atoms with Gasteiger partial charge in [-0.2, -0.15) is 0 Å². The smallest absolute Gasteiger partial charge is 0.221 e. The Morgan fingerprint density at radius 3 is 2.93 bits per heavy atom. The zero-order chi connectivity index (χ0) is 9.97. The largest absolute Gasteiger partial charge is 0.326 e. The molecule has 4 heteroatoms. The second-order valence-corrected chi connectivity index (χ2v) is 3.59. The Bertz CT molecular complexity index is 366. The van der Waals surface area contributed by atoms with Crippen LogP contribution in [0.1, 0.15) is 18.1 Å². The molecule has 0 bridgehead atoms. The molecule has 0 atom stereocenters. The fourth-order valence-corrected chi connectivity index (χ4v) is 1.76. The van der Waals surface area contributed by atoms with Crippen molar-refractivity contribution in [1.82, 2.24) is 5.32 Å². The van der Waals surface area contributed by atoms with Crippen LogP contribution in [0.15, 0.2) is 18.2 Å². The summed E-state index contributed by atoms with van der Waals surface area (Å²) in [5.41, 5.74) is 3.58. The SMILES string of the molecule is CC(=O)Nc1ccc2c(c1)CCNC2.Cl. The molecule has 3 nitrogen and oxygen atoms in total. The minimum atomic E-state index is -0.0149. The van der Waals surface area contributed by atoms with Gasteiger partial charge in [0.15, 0.2) is 0 Å². The maximum absolute atomic E-state index is 10.9. The van der Waals surface area contributed by atoms with E-state index in [1.54, 1.807) is 0 Å². The highest BCUT2D eigenvalue weighted by Gasteiger charge is 2.08. The van der Waals surface area contributed by atoms with Gasteiger partial charge in [-0.05, 0) is 36.2 Å². The van der Waals surface area contributed by atoms with Gasteiger partial charge < -0.3 is 10.6 Å². The summed E-state index contributed by atoms with van der Waals surface area (Å²) in [4.78, 5) is 10.9. The van der Waals surface area contributed by atoms with Crippen LogP contribution in [0.2, 0.25) is 0 Å². The van der Waals surface area contributed by atoms with E-state index < -0.39 is 0 Å². The van der Waals surface area contributed by atoms with Crippen LogP contribution in [0, 0.1) is 0 Å². The average Bonchev–Trinajstić information content (AvgIpc) is 2.17. The normalized spacial score (nSPS) is 13.7. The average molecular weight is 227 g/mol. The molecule has 82 valence electrons. The van der Waals surface area contributed by atoms with Crippen molar-refractivity contribution in [2.24, 2.45) is 0 Å². The number of anilines is 1. The monoisotopic (exact) mass is 226 g/mol. The number of hydrogen-bond acceptors (Lipinski definition) is 2. The molecule has 1 aliphatic heterocycles. The molecule has 1 amide bonds. The molecule has 1 heterocycles. The molecule has 2 rings (SSSR count). The lowest BCUT2D eigenvalue weighted by molar-refractivity contribution is -0.114. The van der Waals surface area contributed by atoms with Gasteiger partial charge in [-0.3, -0.25) is 4.79 Å². The Hall–Kier alpha value is -1.06. The number of hydrogen-bond donors (Lipinski definition) is 2. The Morgan fingerprint density at radius 2 is 2.20 bits per heavy atom. The van der Waals surface area contributed by atoms with Crippen molar-refractivity contribution < 1.29 is 4.79 Å². The number of carbonyl (C=O) groups is 1. The van der Waals surface area contributed by atoms with Crippen molar-refractivity contribution in [3.8, 4) is 0 Å². The summed E-state index contributed by atoms with van der Waals surface area (Å²) in [6.45, 7) is 3.49. The lowest BCUT2D eigenvalue weighted by Gasteiger charge is -2.17. The third-order valence-corrected chi connectivity index (χ3v) is 2.41. The first-order valence-electron chi connectivity index (χ1n) is 4.86. The van der Waals surface area contributed by atoms with Crippen molar-refractivity contribution in [3.63, 3.8) is 0 Å². The first-order chi connectivity index (χ1) is 6.75. The maximum Gasteiger partial charge on any atom is 0.221 e. The van der Waals surface area contributed by atoms with Gasteiger partial charge >= 0.3 is 0 Å². The van der Waals surface area contributed by atoms with Gasteiger partial charge in [-0.25, -0.2) is 0 Å². The second-order valence-electron chi connectivity index (χ2n) is 3.59. The molecule has 0 aliphatic carbocycles. The summed E-state index contributed by atoms with van der Waals surface area (Å²) in [6.07, 6.45) is 1.04. The van der Waals surface area contributed by atoms with E-state index in [-0.39, 0.29) is 18.3 Å². The predicted octanol–water partition coefficient (Wildman–Crippen LogP) is 1.71. The number of benzene rings is 1. The van der Waals surface area contributed by atoms with E-state index in [2.05, 4.69) is 22.8 Å². The van der Waals surface area contributed by atoms with Gasteiger partial charge in [0.1, 0.15) is 0 Å². The summed E-state index contributed by atoms with van der Waals surface area (Å²) in [5, 5.41) is 6.11. The quantitative estimate of drug-likeness (QED) is 0.766. The molecule has 1 aromatic carbocycles. The Balaban J connectivity index is 0.00000112. The molecule has 0 saturated carbocycles. The van der Waals surface area contributed by atoms with E-state index in [4.69, 9.17) is 0 Å². The minimum Gasteiger partial charge on any atom is -0.326 e. The van der Waals surface area contributed by atoms with Gasteiger partial charge in [0, 0.05) is 19.2 Å². The first kappa shape index (κ1) is 12.0. The van der Waals surface area contributed by atoms with Crippen LogP contribution in [0.3, 0.4) is 0 Å². The lowest BCUT2D eigenvalue weighted by atomic mass is 10.0. The molecule has 0 fully saturated rings. The van der Waals surface area contributed by atoms with E-state index >= 15 is 0 Å². The van der Waals surface area contributed by atoms with E-state index in [1.165, 1.54) is 18.1 Å². The van der Waals surface area contributed by atoms with Crippen molar-refractivity contribution in [1.29, 1.82) is 0 Å². The second kappa shape index (κ2) is 5.14. The molecule has 0 aromatic heterocycles. The van der Waals surface area contributed by atoms with E-state index in [9.17, 15) is 4.79 Å². The molecule has 1 aliphatic rings. The van der Waals surface area contributed by atoms with E-state index in [0.717, 1.165) is 25.2 Å². The predicted molar refractivity (Wildman–Crippen MR) is 63.4 cm³/mol. The molecule has 0 saturated heterocycles. The molecule has 2 N–H and O–H groups in total. The van der Waals surface area contributed by atoms with Gasteiger partial charge in [0.05, 0.1) is 0 Å². The number of fused-ring (bicyclic) bond motifs is 1. The number of carbonyl (C=O) groups excluding carboxylic acids is 1. The minimum absolute atomic E-state index is 0. The summed E-state index contributed by atoms with van der Waals surface area (Å²) in [5.74, 6) is -0.0149. The van der Waals surface area contributed by atoms with Crippen LogP contribution < -0.4 is 10.6 Å². The lowest BCUT2D eigenvalue weighted by Crippen LogP contribution is -2.23. The molecule has 0 radical (unpaired) electrons. The van der Waals surface area contributed by atoms with Gasteiger partial charge in [-0.15, -0.1) is 12.4 Å². The number of rotatable bonds is 1. The van der Waals surface area contributed by atoms with Crippen LogP contribution in [0.5, 0.6) is 0 Å². The van der Waals surface area contributed by atoms with E-state index in [0.29, 0.717) is 0 Å². The van der Waals surface area contributed by atoms with Gasteiger partial charge in [0.25, 0.3) is 0 Å². The standard InChI is InChI=1S/C11H14N2O.ClH/c1-8(14)13-11-3-2-10-7-12-5-4-9(10)6-11;/h2-3,6,12H,4-5,7H2,1H3,(H,13,14);1H. The molecule has 0 unspecified atom stereocenters. The first-order valence-corrected chi connectivity index (χ1v) is 4.86. The zero-order valence-electron chi connectivity index (χ0n) is 8.67. The van der Waals surface area contributed by atoms with Crippen molar-refractivity contribution >= 4 is 24.0 Å². The summed E-state index contributed by atoms with van der Waals surface area (Å²) in [6, 6.07) is 6.09. The molecular weight excluding hydrogens is 212 g/mol. The third kappa shape index (κ3) is 2.94. The molecular formula is C11H15ClN2O. The highest BCUT2D eigenvalue weighted by molar-refractivity contribution is 5.88. The van der Waals surface area contributed by atoms with Crippen LogP contribution in [-0.4, -0.2) is 12.5 Å². The van der Waals surface area contributed by atoms with Crippen LogP contribution in [0.25, 0.3) is 0 Å². The highest BCUT2D eigenvalue weighted by atomic mass is 35.5. The van der Waals surface area contributed by atoms with Crippen LogP contribution in [-0.2, 0) is 17.8 Å². The molecule has 15 heavy (non-hydrogen) atoms. The summed E-state index contributed by atoms with van der Waals surface area (Å²) in [7, 11) is 0. The van der Waals surface area contributed by atoms with Crippen molar-refractivity contribution in [2.45, 2.75) is 19.9 Å². The molecule has 1 aromatic rings. The summed E-state index contributed by atoms with van der Waals surface area (Å²) < 4.78 is 0. The van der Waals surface area contributed by atoms with Crippen LogP contribution in [0.4, 0.5) is 5.69 Å². The zero-order valence-corrected chi connectivity index (χ0v) is 9.49. The van der Waals surface area contributed by atoms with Crippen molar-refractivity contribution in [2.75, 3.05) is 11.9 Å². The van der Waals surface area contributed by atoms with Crippen LogP contribution >= 0.6 is 12.4 Å². The Kier molecular flexibility index (Phi) is 4.12. The topological polar surface area (TPSA) is 41.1 Å². The third-order valence-electron chi connectivity index (χ3n) is 2.41. The van der Waals surface area contributed by atoms with Crippen molar-refractivity contribution in [3.05, 3.63) is 29.3 Å². The van der Waals surface area contributed by atoms with Gasteiger partial charge in [0.2, 0.25) is 5.91 Å². The fraction of sp³-hybridized carbons (Fsp3) is 0.364. The summed E-state index contributed by atoms with van der Waals surface area (Å²) >= 11 is 0. The molecule has 0 spiro atoms. The maximum atomic E-state index is 10.9. The van der Waals surface area contributed by atoms with E-state index in [1.807, 2.05) is 6.07 Å². The van der Waals surface area contributed by atoms with Gasteiger partial charge in [-0.1, -0.05) is 6.07 Å². The Labute approximate surface area is 95.7 Å². The number of nitrogens with one attached hydrogen (secondary N) is 2. The fourth-order valence-electron chi connectivity index (χ4n) is 1.76. The highest BCUT2D eigenvalue weighted by Crippen LogP contribution is 2.18. The number of amides is 1.